The third-order valence-electron chi connectivity index (χ3n) is 3.34. The lowest BCUT2D eigenvalue weighted by atomic mass is 9.97. The Morgan fingerprint density at radius 3 is 1.92 bits per heavy atom. The quantitative estimate of drug-likeness (QED) is 0.647. The summed E-state index contributed by atoms with van der Waals surface area (Å²) in [6.45, 7) is 1.58. The van der Waals surface area contributed by atoms with Crippen molar-refractivity contribution in [2.24, 2.45) is 0 Å². The van der Waals surface area contributed by atoms with Crippen molar-refractivity contribution in [2.45, 2.75) is 25.2 Å². The van der Waals surface area contributed by atoms with E-state index in [0.717, 1.165) is 0 Å². The van der Waals surface area contributed by atoms with Gasteiger partial charge in [0.1, 0.15) is 17.3 Å². The van der Waals surface area contributed by atoms with Gasteiger partial charge in [-0.15, -0.1) is 0 Å². The lowest BCUT2D eigenvalue weighted by molar-refractivity contribution is -0.147. The summed E-state index contributed by atoms with van der Waals surface area (Å²) < 4.78 is 77.2. The molecule has 0 bridgehead atoms. The molecule has 1 heterocycles. The molecule has 2 aromatic rings. The molecule has 1 atom stereocenters. The van der Waals surface area contributed by atoms with Crippen LogP contribution in [0.15, 0.2) is 24.3 Å². The molecule has 0 saturated carbocycles. The van der Waals surface area contributed by atoms with E-state index >= 15 is 0 Å². The number of benzene rings is 1. The monoisotopic (exact) mass is 360 g/mol. The minimum absolute atomic E-state index is 0.140. The van der Waals surface area contributed by atoms with Crippen LogP contribution in [0, 0.1) is 18.3 Å². The molecule has 2 rings (SSSR count). The maximum Gasteiger partial charge on any atom is 0.433 e. The number of nitriles is 1. The molecule has 0 aliphatic rings. The van der Waals surface area contributed by atoms with Crippen LogP contribution in [0.25, 0.3) is 0 Å². The third-order valence-corrected chi connectivity index (χ3v) is 3.34. The molecular weight excluding hydrogens is 350 g/mol. The van der Waals surface area contributed by atoms with Crippen molar-refractivity contribution in [3.8, 4) is 6.07 Å². The molecule has 0 aliphatic carbocycles. The second kappa shape index (κ2) is 6.23. The van der Waals surface area contributed by atoms with Gasteiger partial charge in [-0.2, -0.15) is 31.6 Å². The van der Waals surface area contributed by atoms with E-state index < -0.39 is 35.5 Å². The number of anilines is 1. The normalized spacial score (nSPS) is 13.4. The third kappa shape index (κ3) is 3.99. The second-order valence-corrected chi connectivity index (χ2v) is 5.17. The van der Waals surface area contributed by atoms with Gasteiger partial charge >= 0.3 is 12.4 Å². The molecule has 1 aromatic carbocycles. The molecule has 0 spiro atoms. The Labute approximate surface area is 137 Å². The second-order valence-electron chi connectivity index (χ2n) is 5.17. The van der Waals surface area contributed by atoms with Crippen molar-refractivity contribution in [1.82, 2.24) is 9.97 Å². The predicted molar refractivity (Wildman–Crippen MR) is 75.1 cm³/mol. The Kier molecular flexibility index (Phi) is 4.61. The summed E-state index contributed by atoms with van der Waals surface area (Å²) in [5.74, 6) is -2.39. The summed E-state index contributed by atoms with van der Waals surface area (Å²) in [6, 6.07) is 5.56. The first-order valence-electron chi connectivity index (χ1n) is 6.72. The topological polar surface area (TPSA) is 75.6 Å². The van der Waals surface area contributed by atoms with Gasteiger partial charge in [0, 0.05) is 5.69 Å². The number of nitrogen functional groups attached to an aromatic ring is 1. The van der Waals surface area contributed by atoms with Gasteiger partial charge in [0.15, 0.2) is 5.82 Å². The highest BCUT2D eigenvalue weighted by Crippen LogP contribution is 2.35. The number of nitrogens with two attached hydrogens (primary N) is 1. The summed E-state index contributed by atoms with van der Waals surface area (Å²) in [4.78, 5) is 6.26. The number of nitrogens with zero attached hydrogens (tertiary/aromatic N) is 3. The first-order valence-corrected chi connectivity index (χ1v) is 6.72. The SMILES string of the molecule is Cc1cc(C(C#N)c2nc(C(F)(F)F)cc(C(F)(F)F)n2)ccc1N. The standard InChI is InChI=1S/C15H10F6N4/c1-7-4-8(2-3-10(7)23)9(6-22)13-24-11(14(16,17)18)5-12(25-13)15(19,20)21/h2-5,9H,23H2,1H3. The number of hydrogen-bond donors (Lipinski definition) is 1. The van der Waals surface area contributed by atoms with Gasteiger partial charge in [-0.25, -0.2) is 9.97 Å². The number of halogens is 6. The Bertz CT molecular complexity index is 803. The van der Waals surface area contributed by atoms with E-state index in [2.05, 4.69) is 9.97 Å². The molecule has 0 amide bonds. The van der Waals surface area contributed by atoms with Gasteiger partial charge in [-0.1, -0.05) is 12.1 Å². The van der Waals surface area contributed by atoms with Crippen LogP contribution in [0.5, 0.6) is 0 Å². The van der Waals surface area contributed by atoms with Gasteiger partial charge < -0.3 is 5.73 Å². The van der Waals surface area contributed by atoms with Gasteiger partial charge in [0.05, 0.1) is 6.07 Å². The first kappa shape index (κ1) is 18.5. The maximum absolute atomic E-state index is 12.9. The van der Waals surface area contributed by atoms with E-state index in [1.54, 1.807) is 13.0 Å². The molecule has 0 saturated heterocycles. The van der Waals surface area contributed by atoms with E-state index in [0.29, 0.717) is 11.3 Å². The largest absolute Gasteiger partial charge is 0.433 e. The highest BCUT2D eigenvalue weighted by Gasteiger charge is 2.40. The molecular formula is C15H10F6N4. The maximum atomic E-state index is 12.9. The lowest BCUT2D eigenvalue weighted by Crippen LogP contribution is -2.19. The molecule has 132 valence electrons. The Hall–Kier alpha value is -2.83. The van der Waals surface area contributed by atoms with Crippen molar-refractivity contribution < 1.29 is 26.3 Å². The Morgan fingerprint density at radius 2 is 1.52 bits per heavy atom. The average Bonchev–Trinajstić information content (AvgIpc) is 2.49. The summed E-state index contributed by atoms with van der Waals surface area (Å²) in [5, 5.41) is 9.26. The van der Waals surface area contributed by atoms with Crippen molar-refractivity contribution in [2.75, 3.05) is 5.73 Å². The van der Waals surface area contributed by atoms with Crippen molar-refractivity contribution >= 4 is 5.69 Å². The van der Waals surface area contributed by atoms with Crippen LogP contribution >= 0.6 is 0 Å². The minimum Gasteiger partial charge on any atom is -0.399 e. The van der Waals surface area contributed by atoms with E-state index in [4.69, 9.17) is 5.73 Å². The number of aromatic nitrogens is 2. The molecule has 1 unspecified atom stereocenters. The summed E-state index contributed by atoms with van der Waals surface area (Å²) in [7, 11) is 0. The zero-order valence-electron chi connectivity index (χ0n) is 12.6. The summed E-state index contributed by atoms with van der Waals surface area (Å²) >= 11 is 0. The molecule has 0 aliphatic heterocycles. The van der Waals surface area contributed by atoms with E-state index in [1.807, 2.05) is 0 Å². The number of hydrogen-bond acceptors (Lipinski definition) is 4. The van der Waals surface area contributed by atoms with Gasteiger partial charge in [-0.05, 0) is 30.2 Å². The fourth-order valence-corrected chi connectivity index (χ4v) is 2.05. The molecule has 10 heteroatoms. The zero-order chi connectivity index (χ0) is 19.0. The molecule has 2 N–H and O–H groups in total. The first-order chi connectivity index (χ1) is 11.4. The predicted octanol–water partition coefficient (Wildman–Crippen LogP) is 4.06. The fraction of sp³-hybridized carbons (Fsp3) is 0.267. The summed E-state index contributed by atoms with van der Waals surface area (Å²) in [6.07, 6.45) is -10.2. The highest BCUT2D eigenvalue weighted by atomic mass is 19.4. The van der Waals surface area contributed by atoms with Crippen LogP contribution < -0.4 is 5.73 Å². The Morgan fingerprint density at radius 1 is 1.00 bits per heavy atom. The van der Waals surface area contributed by atoms with Crippen LogP contribution in [-0.4, -0.2) is 9.97 Å². The zero-order valence-corrected chi connectivity index (χ0v) is 12.6. The van der Waals surface area contributed by atoms with E-state index in [-0.39, 0.29) is 11.6 Å². The van der Waals surface area contributed by atoms with Crippen LogP contribution in [0.4, 0.5) is 32.0 Å². The molecule has 4 nitrogen and oxygen atoms in total. The molecule has 0 radical (unpaired) electrons. The molecule has 0 fully saturated rings. The Balaban J connectivity index is 2.66. The minimum atomic E-state index is -5.12. The van der Waals surface area contributed by atoms with Gasteiger partial charge in [0.25, 0.3) is 0 Å². The summed E-state index contributed by atoms with van der Waals surface area (Å²) in [5.41, 5.74) is 3.10. The van der Waals surface area contributed by atoms with E-state index in [9.17, 15) is 31.6 Å². The van der Waals surface area contributed by atoms with Crippen LogP contribution in [0.1, 0.15) is 34.3 Å². The van der Waals surface area contributed by atoms with Crippen LogP contribution in [-0.2, 0) is 12.4 Å². The average molecular weight is 360 g/mol. The van der Waals surface area contributed by atoms with Gasteiger partial charge in [0.2, 0.25) is 0 Å². The lowest BCUT2D eigenvalue weighted by Gasteiger charge is -2.15. The number of aryl methyl sites for hydroxylation is 1. The highest BCUT2D eigenvalue weighted by molar-refractivity contribution is 5.50. The van der Waals surface area contributed by atoms with E-state index in [1.165, 1.54) is 18.2 Å². The number of rotatable bonds is 2. The van der Waals surface area contributed by atoms with Crippen molar-refractivity contribution in [1.29, 1.82) is 5.26 Å². The van der Waals surface area contributed by atoms with Crippen LogP contribution in [0.3, 0.4) is 0 Å². The molecule has 1 aromatic heterocycles. The molecule has 25 heavy (non-hydrogen) atoms. The smallest absolute Gasteiger partial charge is 0.399 e. The van der Waals surface area contributed by atoms with Crippen molar-refractivity contribution in [3.05, 3.63) is 52.6 Å². The van der Waals surface area contributed by atoms with Crippen LogP contribution in [0.2, 0.25) is 0 Å². The number of alkyl halides is 6. The fourth-order valence-electron chi connectivity index (χ4n) is 2.05. The van der Waals surface area contributed by atoms with Gasteiger partial charge in [-0.3, -0.25) is 0 Å². The van der Waals surface area contributed by atoms with Crippen molar-refractivity contribution in [3.63, 3.8) is 0 Å².